The second kappa shape index (κ2) is 7.75. The number of piperazine rings is 2. The number of aryl methyl sites for hydroxylation is 1. The van der Waals surface area contributed by atoms with Crippen LogP contribution >= 0.6 is 0 Å². The van der Waals surface area contributed by atoms with Gasteiger partial charge in [-0.15, -0.1) is 0 Å². The highest BCUT2D eigenvalue weighted by molar-refractivity contribution is 5.82. The molecule has 1 aromatic rings. The van der Waals surface area contributed by atoms with Crippen LogP contribution in [0.15, 0.2) is 24.3 Å². The molecule has 0 saturated carbocycles. The highest BCUT2D eigenvalue weighted by Gasteiger charge is 2.35. The van der Waals surface area contributed by atoms with E-state index in [4.69, 9.17) is 0 Å². The van der Waals surface area contributed by atoms with Crippen molar-refractivity contribution >= 4 is 11.6 Å². The molecule has 1 aromatic carbocycles. The third-order valence-electron chi connectivity index (χ3n) is 5.37. The summed E-state index contributed by atoms with van der Waals surface area (Å²) in [5, 5.41) is 3.37. The van der Waals surface area contributed by atoms with Crippen LogP contribution in [0.1, 0.15) is 19.4 Å². The normalized spacial score (nSPS) is 20.0. The molecule has 0 spiro atoms. The molecule has 2 aliphatic heterocycles. The van der Waals surface area contributed by atoms with E-state index < -0.39 is 0 Å². The molecule has 0 unspecified atom stereocenters. The Labute approximate surface area is 152 Å². The van der Waals surface area contributed by atoms with Crippen LogP contribution in [0.2, 0.25) is 0 Å². The first-order valence-electron chi connectivity index (χ1n) is 9.50. The topological polar surface area (TPSA) is 38.8 Å². The van der Waals surface area contributed by atoms with Gasteiger partial charge in [-0.25, -0.2) is 0 Å². The first kappa shape index (κ1) is 18.2. The van der Waals surface area contributed by atoms with Crippen LogP contribution in [0.3, 0.4) is 0 Å². The first-order chi connectivity index (χ1) is 12.0. The monoisotopic (exact) mass is 344 g/mol. The molecular weight excluding hydrogens is 312 g/mol. The zero-order valence-corrected chi connectivity index (χ0v) is 15.9. The van der Waals surface area contributed by atoms with Crippen molar-refractivity contribution in [1.29, 1.82) is 0 Å². The van der Waals surface area contributed by atoms with E-state index in [0.29, 0.717) is 5.91 Å². The zero-order chi connectivity index (χ0) is 17.9. The summed E-state index contributed by atoms with van der Waals surface area (Å²) in [5.41, 5.74) is 2.23. The molecule has 2 saturated heterocycles. The van der Waals surface area contributed by atoms with Crippen molar-refractivity contribution in [2.24, 2.45) is 5.41 Å². The lowest BCUT2D eigenvalue weighted by Crippen LogP contribution is -2.55. The SMILES string of the molecule is Cc1ccc(N2CCN(C(=O)C(C)(C)CN3CCNCC3)CC2)cc1. The fraction of sp³-hybridized carbons (Fsp3) is 0.650. The fourth-order valence-corrected chi connectivity index (χ4v) is 3.85. The van der Waals surface area contributed by atoms with Crippen molar-refractivity contribution in [1.82, 2.24) is 15.1 Å². The Morgan fingerprint density at radius 2 is 1.60 bits per heavy atom. The van der Waals surface area contributed by atoms with E-state index in [1.165, 1.54) is 11.3 Å². The number of hydrogen-bond donors (Lipinski definition) is 1. The van der Waals surface area contributed by atoms with Gasteiger partial charge in [-0.2, -0.15) is 0 Å². The van der Waals surface area contributed by atoms with Crippen molar-refractivity contribution in [3.8, 4) is 0 Å². The average molecular weight is 345 g/mol. The predicted molar refractivity (Wildman–Crippen MR) is 103 cm³/mol. The lowest BCUT2D eigenvalue weighted by atomic mass is 9.90. The summed E-state index contributed by atoms with van der Waals surface area (Å²) in [7, 11) is 0. The molecule has 1 amide bonds. The third-order valence-corrected chi connectivity index (χ3v) is 5.37. The van der Waals surface area contributed by atoms with E-state index in [0.717, 1.165) is 58.9 Å². The van der Waals surface area contributed by atoms with Gasteiger partial charge in [0, 0.05) is 64.6 Å². The average Bonchev–Trinajstić information content (AvgIpc) is 2.62. The van der Waals surface area contributed by atoms with E-state index >= 15 is 0 Å². The van der Waals surface area contributed by atoms with Gasteiger partial charge in [-0.3, -0.25) is 9.69 Å². The quantitative estimate of drug-likeness (QED) is 0.900. The van der Waals surface area contributed by atoms with Crippen molar-refractivity contribution in [2.75, 3.05) is 63.8 Å². The van der Waals surface area contributed by atoms with Gasteiger partial charge in [0.05, 0.1) is 5.41 Å². The number of nitrogens with one attached hydrogen (secondary N) is 1. The molecule has 0 bridgehead atoms. The largest absolute Gasteiger partial charge is 0.368 e. The molecule has 5 heteroatoms. The summed E-state index contributed by atoms with van der Waals surface area (Å²) >= 11 is 0. The molecule has 0 radical (unpaired) electrons. The van der Waals surface area contributed by atoms with E-state index in [2.05, 4.69) is 65.1 Å². The van der Waals surface area contributed by atoms with E-state index in [1.807, 2.05) is 0 Å². The summed E-state index contributed by atoms with van der Waals surface area (Å²) in [6.07, 6.45) is 0. The van der Waals surface area contributed by atoms with Crippen molar-refractivity contribution in [3.05, 3.63) is 29.8 Å². The molecule has 5 nitrogen and oxygen atoms in total. The summed E-state index contributed by atoms with van der Waals surface area (Å²) in [6, 6.07) is 8.68. The minimum absolute atomic E-state index is 0.301. The van der Waals surface area contributed by atoms with E-state index in [-0.39, 0.29) is 5.41 Å². The molecular formula is C20H32N4O. The van der Waals surface area contributed by atoms with Gasteiger partial charge in [0.15, 0.2) is 0 Å². The van der Waals surface area contributed by atoms with Crippen LogP contribution < -0.4 is 10.2 Å². The van der Waals surface area contributed by atoms with Gasteiger partial charge >= 0.3 is 0 Å². The number of nitrogens with zero attached hydrogens (tertiary/aromatic N) is 3. The van der Waals surface area contributed by atoms with Crippen molar-refractivity contribution < 1.29 is 4.79 Å². The lowest BCUT2D eigenvalue weighted by molar-refractivity contribution is -0.141. The Kier molecular flexibility index (Phi) is 5.64. The first-order valence-corrected chi connectivity index (χ1v) is 9.50. The second-order valence-electron chi connectivity index (χ2n) is 8.02. The number of amides is 1. The van der Waals surface area contributed by atoms with Gasteiger partial charge in [0.2, 0.25) is 5.91 Å². The number of carbonyl (C=O) groups excluding carboxylic acids is 1. The van der Waals surface area contributed by atoms with Crippen LogP contribution in [0.5, 0.6) is 0 Å². The smallest absolute Gasteiger partial charge is 0.229 e. The molecule has 2 heterocycles. The zero-order valence-electron chi connectivity index (χ0n) is 15.9. The summed E-state index contributed by atoms with van der Waals surface area (Å²) in [5.74, 6) is 0.301. The second-order valence-corrected chi connectivity index (χ2v) is 8.02. The Morgan fingerprint density at radius 3 is 2.20 bits per heavy atom. The minimum Gasteiger partial charge on any atom is -0.368 e. The number of hydrogen-bond acceptors (Lipinski definition) is 4. The van der Waals surface area contributed by atoms with Crippen LogP contribution in [0.25, 0.3) is 0 Å². The van der Waals surface area contributed by atoms with Crippen LogP contribution in [0.4, 0.5) is 5.69 Å². The maximum atomic E-state index is 13.0. The molecule has 0 aliphatic carbocycles. The molecule has 3 rings (SSSR count). The molecule has 2 aliphatic rings. The highest BCUT2D eigenvalue weighted by atomic mass is 16.2. The number of carbonyl (C=O) groups is 1. The molecule has 25 heavy (non-hydrogen) atoms. The number of rotatable bonds is 4. The van der Waals surface area contributed by atoms with Crippen molar-refractivity contribution in [3.63, 3.8) is 0 Å². The Hall–Kier alpha value is -1.59. The van der Waals surface area contributed by atoms with Gasteiger partial charge in [0.1, 0.15) is 0 Å². The third kappa shape index (κ3) is 4.53. The molecule has 138 valence electrons. The Bertz CT molecular complexity index is 570. The highest BCUT2D eigenvalue weighted by Crippen LogP contribution is 2.23. The maximum absolute atomic E-state index is 13.0. The van der Waals surface area contributed by atoms with Crippen LogP contribution in [0, 0.1) is 12.3 Å². The summed E-state index contributed by atoms with van der Waals surface area (Å²) in [4.78, 5) is 19.9. The fourth-order valence-electron chi connectivity index (χ4n) is 3.85. The van der Waals surface area contributed by atoms with Gasteiger partial charge < -0.3 is 15.1 Å². The summed E-state index contributed by atoms with van der Waals surface area (Å²) < 4.78 is 0. The molecule has 1 N–H and O–H groups in total. The maximum Gasteiger partial charge on any atom is 0.229 e. The van der Waals surface area contributed by atoms with Gasteiger partial charge in [0.25, 0.3) is 0 Å². The molecule has 0 atom stereocenters. The van der Waals surface area contributed by atoms with Gasteiger partial charge in [-0.1, -0.05) is 17.7 Å². The van der Waals surface area contributed by atoms with Crippen LogP contribution in [-0.4, -0.2) is 74.6 Å². The Morgan fingerprint density at radius 1 is 1.00 bits per heavy atom. The van der Waals surface area contributed by atoms with E-state index in [1.54, 1.807) is 0 Å². The summed E-state index contributed by atoms with van der Waals surface area (Å²) in [6.45, 7) is 14.8. The Balaban J connectivity index is 1.54. The predicted octanol–water partition coefficient (Wildman–Crippen LogP) is 1.58. The standard InChI is InChI=1S/C20H32N4O/c1-17-4-6-18(7-5-17)23-12-14-24(15-13-23)19(25)20(2,3)16-22-10-8-21-9-11-22/h4-7,21H,8-16H2,1-3H3. The van der Waals surface area contributed by atoms with Gasteiger partial charge in [-0.05, 0) is 32.9 Å². The van der Waals surface area contributed by atoms with Crippen molar-refractivity contribution in [2.45, 2.75) is 20.8 Å². The van der Waals surface area contributed by atoms with E-state index in [9.17, 15) is 4.79 Å². The molecule has 2 fully saturated rings. The number of benzene rings is 1. The van der Waals surface area contributed by atoms with Crippen LogP contribution in [-0.2, 0) is 4.79 Å². The number of anilines is 1. The minimum atomic E-state index is -0.316. The lowest BCUT2D eigenvalue weighted by Gasteiger charge is -2.41. The molecule has 0 aromatic heterocycles.